The van der Waals surface area contributed by atoms with Gasteiger partial charge >= 0.3 is 0 Å². The van der Waals surface area contributed by atoms with E-state index in [2.05, 4.69) is 0 Å². The number of nitrogens with zero attached hydrogens (tertiary/aromatic N) is 1. The van der Waals surface area contributed by atoms with Crippen LogP contribution in [0.4, 0.5) is 0 Å². The molecule has 4 heteroatoms. The third kappa shape index (κ3) is 2.36. The largest absolute Gasteiger partial charge is 0.456 e. The van der Waals surface area contributed by atoms with Gasteiger partial charge in [0.15, 0.2) is 5.76 Å². The Hall–Kier alpha value is -1.29. The molecular weight excluding hydrogens is 216 g/mol. The molecule has 0 aromatic carbocycles. The van der Waals surface area contributed by atoms with Gasteiger partial charge in [0.1, 0.15) is 5.76 Å². The highest BCUT2D eigenvalue weighted by atomic mass is 16.4. The summed E-state index contributed by atoms with van der Waals surface area (Å²) in [6.07, 6.45) is 1.74. The molecule has 1 aromatic heterocycles. The van der Waals surface area contributed by atoms with Crippen LogP contribution in [0.1, 0.15) is 41.6 Å². The van der Waals surface area contributed by atoms with Crippen LogP contribution in [0.15, 0.2) is 10.5 Å². The highest BCUT2D eigenvalue weighted by Crippen LogP contribution is 2.22. The average Bonchev–Trinajstić information content (AvgIpc) is 2.57. The van der Waals surface area contributed by atoms with Gasteiger partial charge in [-0.1, -0.05) is 0 Å². The summed E-state index contributed by atoms with van der Waals surface area (Å²) in [6.45, 7) is 6.53. The molecule has 17 heavy (non-hydrogen) atoms. The van der Waals surface area contributed by atoms with Crippen LogP contribution >= 0.6 is 0 Å². The van der Waals surface area contributed by atoms with Crippen LogP contribution in [-0.4, -0.2) is 29.4 Å². The van der Waals surface area contributed by atoms with E-state index in [0.29, 0.717) is 5.76 Å². The monoisotopic (exact) mass is 236 g/mol. The normalized spacial score (nSPS) is 25.1. The van der Waals surface area contributed by atoms with E-state index in [1.165, 1.54) is 0 Å². The van der Waals surface area contributed by atoms with E-state index in [4.69, 9.17) is 10.2 Å². The Morgan fingerprint density at radius 1 is 1.53 bits per heavy atom. The van der Waals surface area contributed by atoms with Crippen molar-refractivity contribution in [2.45, 2.75) is 45.7 Å². The van der Waals surface area contributed by atoms with Gasteiger partial charge in [-0.15, -0.1) is 0 Å². The smallest absolute Gasteiger partial charge is 0.290 e. The maximum absolute atomic E-state index is 12.3. The van der Waals surface area contributed by atoms with E-state index in [0.717, 1.165) is 30.7 Å². The van der Waals surface area contributed by atoms with Crippen molar-refractivity contribution < 1.29 is 9.21 Å². The first-order valence-corrected chi connectivity index (χ1v) is 6.12. The molecule has 1 aromatic rings. The average molecular weight is 236 g/mol. The minimum absolute atomic E-state index is 0.00463. The molecule has 2 atom stereocenters. The molecule has 1 fully saturated rings. The van der Waals surface area contributed by atoms with E-state index < -0.39 is 0 Å². The van der Waals surface area contributed by atoms with Crippen LogP contribution in [0.2, 0.25) is 0 Å². The Bertz CT molecular complexity index is 425. The van der Waals surface area contributed by atoms with Crippen molar-refractivity contribution in [2.75, 3.05) is 6.54 Å². The summed E-state index contributed by atoms with van der Waals surface area (Å²) in [5.41, 5.74) is 6.81. The number of amides is 1. The molecule has 94 valence electrons. The van der Waals surface area contributed by atoms with Crippen molar-refractivity contribution in [3.8, 4) is 0 Å². The second kappa shape index (κ2) is 4.53. The zero-order chi connectivity index (χ0) is 12.6. The number of carbonyl (C=O) groups is 1. The minimum atomic E-state index is -0.00463. The molecule has 1 amide bonds. The number of likely N-dealkylation sites (tertiary alicyclic amines) is 1. The zero-order valence-corrected chi connectivity index (χ0v) is 10.7. The van der Waals surface area contributed by atoms with Gasteiger partial charge in [-0.25, -0.2) is 0 Å². The Balaban J connectivity index is 2.17. The molecule has 0 spiro atoms. The molecule has 0 bridgehead atoms. The van der Waals surface area contributed by atoms with Gasteiger partial charge in [0.25, 0.3) is 5.91 Å². The van der Waals surface area contributed by atoms with E-state index in [-0.39, 0.29) is 18.0 Å². The predicted molar refractivity (Wildman–Crippen MR) is 65.9 cm³/mol. The van der Waals surface area contributed by atoms with Crippen LogP contribution < -0.4 is 5.73 Å². The Morgan fingerprint density at radius 2 is 2.24 bits per heavy atom. The molecule has 0 aliphatic carbocycles. The van der Waals surface area contributed by atoms with E-state index in [9.17, 15) is 4.79 Å². The Morgan fingerprint density at radius 3 is 2.76 bits per heavy atom. The van der Waals surface area contributed by atoms with Gasteiger partial charge in [-0.3, -0.25) is 4.79 Å². The molecule has 1 aliphatic heterocycles. The zero-order valence-electron chi connectivity index (χ0n) is 10.7. The van der Waals surface area contributed by atoms with Gasteiger partial charge in [0.2, 0.25) is 0 Å². The van der Waals surface area contributed by atoms with Crippen molar-refractivity contribution in [1.82, 2.24) is 4.90 Å². The van der Waals surface area contributed by atoms with Gasteiger partial charge in [-0.2, -0.15) is 0 Å². The fourth-order valence-corrected chi connectivity index (χ4v) is 2.49. The Labute approximate surface area is 102 Å². The number of nitrogens with two attached hydrogens (primary N) is 1. The maximum Gasteiger partial charge on any atom is 0.290 e. The summed E-state index contributed by atoms with van der Waals surface area (Å²) in [6, 6.07) is 2.30. The fourth-order valence-electron chi connectivity index (χ4n) is 2.49. The van der Waals surface area contributed by atoms with Gasteiger partial charge in [0, 0.05) is 24.2 Å². The summed E-state index contributed by atoms with van der Waals surface area (Å²) in [5.74, 6) is 1.26. The predicted octanol–water partition coefficient (Wildman–Crippen LogP) is 1.85. The number of piperidine rings is 1. The van der Waals surface area contributed by atoms with Crippen LogP contribution in [0.5, 0.6) is 0 Å². The summed E-state index contributed by atoms with van der Waals surface area (Å²) >= 11 is 0. The van der Waals surface area contributed by atoms with Gasteiger partial charge in [0.05, 0.1) is 0 Å². The van der Waals surface area contributed by atoms with E-state index in [1.807, 2.05) is 31.7 Å². The van der Waals surface area contributed by atoms with Gasteiger partial charge in [-0.05, 0) is 39.7 Å². The first-order chi connectivity index (χ1) is 7.99. The number of hydrogen-bond acceptors (Lipinski definition) is 3. The Kier molecular flexibility index (Phi) is 3.24. The molecule has 2 unspecified atom stereocenters. The van der Waals surface area contributed by atoms with Crippen molar-refractivity contribution in [3.05, 3.63) is 23.2 Å². The third-order valence-corrected chi connectivity index (χ3v) is 3.41. The molecule has 2 N–H and O–H groups in total. The number of furan rings is 1. The van der Waals surface area contributed by atoms with Crippen LogP contribution in [0, 0.1) is 13.8 Å². The number of hydrogen-bond donors (Lipinski definition) is 1. The summed E-state index contributed by atoms with van der Waals surface area (Å²) in [4.78, 5) is 14.2. The molecule has 1 aliphatic rings. The number of carbonyl (C=O) groups excluding carboxylic acids is 1. The summed E-state index contributed by atoms with van der Waals surface area (Å²) in [5, 5.41) is 0. The maximum atomic E-state index is 12.3. The van der Waals surface area contributed by atoms with E-state index in [1.54, 1.807) is 0 Å². The quantitative estimate of drug-likeness (QED) is 0.809. The molecule has 0 radical (unpaired) electrons. The van der Waals surface area contributed by atoms with Crippen molar-refractivity contribution in [3.63, 3.8) is 0 Å². The number of aryl methyl sites for hydroxylation is 2. The van der Waals surface area contributed by atoms with Crippen molar-refractivity contribution >= 4 is 5.91 Å². The first kappa shape index (κ1) is 12.2. The summed E-state index contributed by atoms with van der Waals surface area (Å²) < 4.78 is 5.48. The highest BCUT2D eigenvalue weighted by molar-refractivity contribution is 5.93. The molecule has 1 saturated heterocycles. The lowest BCUT2D eigenvalue weighted by atomic mass is 9.98. The lowest BCUT2D eigenvalue weighted by Crippen LogP contribution is -2.48. The van der Waals surface area contributed by atoms with Crippen LogP contribution in [0.25, 0.3) is 0 Å². The third-order valence-electron chi connectivity index (χ3n) is 3.41. The molecule has 4 nitrogen and oxygen atoms in total. The second-order valence-corrected chi connectivity index (χ2v) is 5.00. The second-order valence-electron chi connectivity index (χ2n) is 5.00. The minimum Gasteiger partial charge on any atom is -0.456 e. The van der Waals surface area contributed by atoms with E-state index >= 15 is 0 Å². The first-order valence-electron chi connectivity index (χ1n) is 6.12. The van der Waals surface area contributed by atoms with Crippen LogP contribution in [-0.2, 0) is 0 Å². The molecule has 2 rings (SSSR count). The standard InChI is InChI=1S/C13H20N2O2/c1-8-6-10(3)17-12(8)13(16)15-5-4-11(14)7-9(15)2/h6,9,11H,4-5,7,14H2,1-3H3. The lowest BCUT2D eigenvalue weighted by Gasteiger charge is -2.35. The molecule has 2 heterocycles. The SMILES string of the molecule is Cc1cc(C)c(C(=O)N2CCC(N)CC2C)o1. The molecular formula is C13H20N2O2. The topological polar surface area (TPSA) is 59.5 Å². The highest BCUT2D eigenvalue weighted by Gasteiger charge is 2.30. The van der Waals surface area contributed by atoms with Gasteiger partial charge < -0.3 is 15.1 Å². The summed E-state index contributed by atoms with van der Waals surface area (Å²) in [7, 11) is 0. The van der Waals surface area contributed by atoms with Crippen LogP contribution in [0.3, 0.4) is 0 Å². The van der Waals surface area contributed by atoms with Crippen molar-refractivity contribution in [2.24, 2.45) is 5.73 Å². The van der Waals surface area contributed by atoms with Crippen molar-refractivity contribution in [1.29, 1.82) is 0 Å². The lowest BCUT2D eigenvalue weighted by molar-refractivity contribution is 0.0584. The number of rotatable bonds is 1. The fraction of sp³-hybridized carbons (Fsp3) is 0.615. The molecule has 0 saturated carbocycles.